The van der Waals surface area contributed by atoms with Crippen LogP contribution in [-0.2, 0) is 9.53 Å². The van der Waals surface area contributed by atoms with Crippen molar-refractivity contribution in [2.45, 2.75) is 45.8 Å². The molecule has 0 heterocycles. The van der Waals surface area contributed by atoms with E-state index in [1.165, 1.54) is 4.90 Å². The van der Waals surface area contributed by atoms with Gasteiger partial charge in [0, 0.05) is 7.05 Å². The van der Waals surface area contributed by atoms with Gasteiger partial charge in [-0.05, 0) is 27.2 Å². The third-order valence-electron chi connectivity index (χ3n) is 1.75. The minimum Gasteiger partial charge on any atom is -0.444 e. The standard InChI is InChI=1S/C10H19NO3/c1-6-8(7-12)11(5)9(13)14-10(2,3)4/h7-8H,6H2,1-5H3/t8-/m1/s1. The Morgan fingerprint density at radius 3 is 2.29 bits per heavy atom. The summed E-state index contributed by atoms with van der Waals surface area (Å²) < 4.78 is 5.11. The van der Waals surface area contributed by atoms with Crippen LogP contribution in [0.5, 0.6) is 0 Å². The predicted octanol–water partition coefficient (Wildman–Crippen LogP) is 1.83. The van der Waals surface area contributed by atoms with Crippen molar-refractivity contribution in [2.24, 2.45) is 0 Å². The fourth-order valence-electron chi connectivity index (χ4n) is 0.931. The first-order valence-electron chi connectivity index (χ1n) is 4.73. The van der Waals surface area contributed by atoms with Crippen LogP contribution in [0.25, 0.3) is 0 Å². The molecule has 0 aromatic rings. The molecule has 0 aliphatic heterocycles. The van der Waals surface area contributed by atoms with E-state index in [9.17, 15) is 9.59 Å². The Bertz CT molecular complexity index is 208. The van der Waals surface area contributed by atoms with E-state index in [2.05, 4.69) is 0 Å². The summed E-state index contributed by atoms with van der Waals surface area (Å²) in [6, 6.07) is -0.398. The van der Waals surface area contributed by atoms with Gasteiger partial charge < -0.3 is 14.4 Å². The summed E-state index contributed by atoms with van der Waals surface area (Å²) in [5, 5.41) is 0. The molecule has 4 nitrogen and oxygen atoms in total. The molecule has 0 fully saturated rings. The van der Waals surface area contributed by atoms with Crippen LogP contribution in [0.1, 0.15) is 34.1 Å². The summed E-state index contributed by atoms with van der Waals surface area (Å²) in [5.41, 5.74) is -0.521. The van der Waals surface area contributed by atoms with Crippen LogP contribution in [0.3, 0.4) is 0 Å². The second-order valence-electron chi connectivity index (χ2n) is 4.20. The van der Waals surface area contributed by atoms with Crippen molar-refractivity contribution in [2.75, 3.05) is 7.05 Å². The maximum absolute atomic E-state index is 11.5. The van der Waals surface area contributed by atoms with E-state index in [1.54, 1.807) is 27.8 Å². The zero-order valence-electron chi connectivity index (χ0n) is 9.53. The number of ether oxygens (including phenoxy) is 1. The maximum atomic E-state index is 11.5. The molecule has 0 aromatic heterocycles. The quantitative estimate of drug-likeness (QED) is 0.654. The van der Waals surface area contributed by atoms with Gasteiger partial charge in [-0.3, -0.25) is 0 Å². The van der Waals surface area contributed by atoms with Crippen LogP contribution in [0, 0.1) is 0 Å². The third-order valence-corrected chi connectivity index (χ3v) is 1.75. The van der Waals surface area contributed by atoms with Crippen LogP contribution >= 0.6 is 0 Å². The first-order chi connectivity index (χ1) is 6.31. The van der Waals surface area contributed by atoms with E-state index < -0.39 is 17.7 Å². The number of rotatable bonds is 3. The second-order valence-corrected chi connectivity index (χ2v) is 4.20. The van der Waals surface area contributed by atoms with Crippen molar-refractivity contribution >= 4 is 12.4 Å². The molecule has 1 atom stereocenters. The number of hydrogen-bond acceptors (Lipinski definition) is 3. The zero-order valence-corrected chi connectivity index (χ0v) is 9.53. The summed E-state index contributed by atoms with van der Waals surface area (Å²) in [4.78, 5) is 23.4. The lowest BCUT2D eigenvalue weighted by molar-refractivity contribution is -0.112. The van der Waals surface area contributed by atoms with E-state index >= 15 is 0 Å². The van der Waals surface area contributed by atoms with Crippen LogP contribution in [-0.4, -0.2) is 36.0 Å². The van der Waals surface area contributed by atoms with E-state index in [-0.39, 0.29) is 0 Å². The highest BCUT2D eigenvalue weighted by Gasteiger charge is 2.23. The van der Waals surface area contributed by atoms with Crippen molar-refractivity contribution in [1.29, 1.82) is 0 Å². The topological polar surface area (TPSA) is 46.6 Å². The van der Waals surface area contributed by atoms with Gasteiger partial charge in [0.15, 0.2) is 0 Å². The predicted molar refractivity (Wildman–Crippen MR) is 54.1 cm³/mol. The number of hydrogen-bond donors (Lipinski definition) is 0. The Balaban J connectivity index is 4.31. The normalized spacial score (nSPS) is 13.2. The fraction of sp³-hybridized carbons (Fsp3) is 0.800. The van der Waals surface area contributed by atoms with E-state index in [4.69, 9.17) is 4.74 Å². The molecule has 0 aliphatic rings. The lowest BCUT2D eigenvalue weighted by Gasteiger charge is -2.27. The number of likely N-dealkylation sites (N-methyl/N-ethyl adjacent to an activating group) is 1. The van der Waals surface area contributed by atoms with Crippen molar-refractivity contribution in [3.05, 3.63) is 0 Å². The van der Waals surface area contributed by atoms with Gasteiger partial charge in [0.25, 0.3) is 0 Å². The monoisotopic (exact) mass is 201 g/mol. The Kier molecular flexibility index (Phi) is 4.60. The first kappa shape index (κ1) is 12.9. The Labute approximate surface area is 85.2 Å². The molecule has 0 saturated carbocycles. The molecule has 0 spiro atoms. The lowest BCUT2D eigenvalue weighted by Crippen LogP contribution is -2.41. The van der Waals surface area contributed by atoms with Gasteiger partial charge in [-0.2, -0.15) is 0 Å². The van der Waals surface area contributed by atoms with E-state index in [0.717, 1.165) is 6.29 Å². The zero-order chi connectivity index (χ0) is 11.4. The van der Waals surface area contributed by atoms with Gasteiger partial charge in [0.2, 0.25) is 0 Å². The van der Waals surface area contributed by atoms with Gasteiger partial charge >= 0.3 is 6.09 Å². The highest BCUT2D eigenvalue weighted by atomic mass is 16.6. The van der Waals surface area contributed by atoms with Crippen molar-refractivity contribution in [3.8, 4) is 0 Å². The number of carbonyl (C=O) groups is 2. The molecule has 0 bridgehead atoms. The number of aldehydes is 1. The van der Waals surface area contributed by atoms with Crippen molar-refractivity contribution < 1.29 is 14.3 Å². The molecule has 0 saturated heterocycles. The summed E-state index contributed by atoms with van der Waals surface area (Å²) in [5.74, 6) is 0. The van der Waals surface area contributed by atoms with Crippen molar-refractivity contribution in [3.63, 3.8) is 0 Å². The minimum atomic E-state index is -0.521. The maximum Gasteiger partial charge on any atom is 0.410 e. The molecule has 14 heavy (non-hydrogen) atoms. The molecule has 0 unspecified atom stereocenters. The summed E-state index contributed by atoms with van der Waals surface area (Å²) >= 11 is 0. The number of nitrogens with zero attached hydrogens (tertiary/aromatic N) is 1. The van der Waals surface area contributed by atoms with E-state index in [1.807, 2.05) is 6.92 Å². The summed E-state index contributed by atoms with van der Waals surface area (Å²) in [6.45, 7) is 7.22. The molecular formula is C10H19NO3. The highest BCUT2D eigenvalue weighted by molar-refractivity contribution is 5.73. The lowest BCUT2D eigenvalue weighted by atomic mass is 10.2. The molecular weight excluding hydrogens is 182 g/mol. The van der Waals surface area contributed by atoms with Crippen LogP contribution in [0.15, 0.2) is 0 Å². The SMILES string of the molecule is CC[C@H](C=O)N(C)C(=O)OC(C)(C)C. The van der Waals surface area contributed by atoms with Gasteiger partial charge in [-0.1, -0.05) is 6.92 Å². The number of amides is 1. The Morgan fingerprint density at radius 1 is 1.50 bits per heavy atom. The molecule has 0 aromatic carbocycles. The largest absolute Gasteiger partial charge is 0.444 e. The van der Waals surface area contributed by atoms with Gasteiger partial charge in [-0.25, -0.2) is 4.79 Å². The van der Waals surface area contributed by atoms with Crippen molar-refractivity contribution in [1.82, 2.24) is 4.90 Å². The van der Waals surface area contributed by atoms with Gasteiger partial charge in [-0.15, -0.1) is 0 Å². The van der Waals surface area contributed by atoms with Gasteiger partial charge in [0.05, 0.1) is 6.04 Å². The molecule has 0 aliphatic carbocycles. The molecule has 1 amide bonds. The minimum absolute atomic E-state index is 0.398. The molecule has 0 N–H and O–H groups in total. The second kappa shape index (κ2) is 4.98. The first-order valence-corrected chi connectivity index (χ1v) is 4.73. The highest BCUT2D eigenvalue weighted by Crippen LogP contribution is 2.11. The fourth-order valence-corrected chi connectivity index (χ4v) is 0.931. The third kappa shape index (κ3) is 4.25. The summed E-state index contributed by atoms with van der Waals surface area (Å²) in [7, 11) is 1.57. The average molecular weight is 201 g/mol. The Hall–Kier alpha value is -1.06. The number of carbonyl (C=O) groups excluding carboxylic acids is 2. The smallest absolute Gasteiger partial charge is 0.410 e. The van der Waals surface area contributed by atoms with Crippen LogP contribution < -0.4 is 0 Å². The Morgan fingerprint density at radius 2 is 2.00 bits per heavy atom. The molecule has 4 heteroatoms. The van der Waals surface area contributed by atoms with Crippen LogP contribution in [0.4, 0.5) is 4.79 Å². The van der Waals surface area contributed by atoms with Gasteiger partial charge in [0.1, 0.15) is 11.9 Å². The molecule has 0 rings (SSSR count). The molecule has 82 valence electrons. The van der Waals surface area contributed by atoms with E-state index in [0.29, 0.717) is 6.42 Å². The average Bonchev–Trinajstić information content (AvgIpc) is 2.03. The van der Waals surface area contributed by atoms with Crippen LogP contribution in [0.2, 0.25) is 0 Å². The molecule has 0 radical (unpaired) electrons. The summed E-state index contributed by atoms with van der Waals surface area (Å²) in [6.07, 6.45) is 0.889.